The van der Waals surface area contributed by atoms with Gasteiger partial charge in [-0.3, -0.25) is 9.69 Å². The molecule has 5 rings (SSSR count). The van der Waals surface area contributed by atoms with E-state index in [1.807, 2.05) is 4.90 Å². The smallest absolute Gasteiger partial charge is 0.416 e. The Morgan fingerprint density at radius 3 is 2.69 bits per heavy atom. The SMILES string of the molecule is Cc1nc(Nc2nc(-c3cc(F)cc(C(F)(F)F)c3)c(CN3CCC[C@H]3C)s2)cc(N2CC[C@@H](OCCC(=O)O)C2)n1. The Morgan fingerprint density at radius 2 is 1.98 bits per heavy atom. The van der Waals surface area contributed by atoms with E-state index in [0.717, 1.165) is 42.8 Å². The molecule has 2 saturated heterocycles. The van der Waals surface area contributed by atoms with Crippen LogP contribution < -0.4 is 10.2 Å². The number of anilines is 3. The maximum atomic E-state index is 14.4. The highest BCUT2D eigenvalue weighted by Gasteiger charge is 2.32. The number of likely N-dealkylation sites (tertiary alicyclic amines) is 1. The van der Waals surface area contributed by atoms with Gasteiger partial charge in [0.1, 0.15) is 23.3 Å². The normalized spacial score (nSPS) is 19.5. The molecule has 2 N–H and O–H groups in total. The summed E-state index contributed by atoms with van der Waals surface area (Å²) in [6.07, 6.45) is -2.07. The van der Waals surface area contributed by atoms with Crippen LogP contribution in [0.3, 0.4) is 0 Å². The third kappa shape index (κ3) is 7.34. The highest BCUT2D eigenvalue weighted by molar-refractivity contribution is 7.16. The van der Waals surface area contributed by atoms with E-state index in [4.69, 9.17) is 9.84 Å². The van der Waals surface area contributed by atoms with Crippen molar-refractivity contribution in [2.45, 2.75) is 64.4 Å². The lowest BCUT2D eigenvalue weighted by Gasteiger charge is -2.20. The van der Waals surface area contributed by atoms with Crippen LogP contribution in [0.5, 0.6) is 0 Å². The van der Waals surface area contributed by atoms with Crippen molar-refractivity contribution in [2.75, 3.05) is 36.5 Å². The molecule has 2 fully saturated rings. The minimum atomic E-state index is -4.69. The van der Waals surface area contributed by atoms with Crippen LogP contribution >= 0.6 is 11.3 Å². The number of aliphatic carboxylic acids is 1. The average molecular weight is 609 g/mol. The van der Waals surface area contributed by atoms with Gasteiger partial charge in [-0.05, 0) is 57.9 Å². The van der Waals surface area contributed by atoms with Crippen LogP contribution in [-0.2, 0) is 22.3 Å². The molecule has 0 saturated carbocycles. The third-order valence-electron chi connectivity index (χ3n) is 7.43. The van der Waals surface area contributed by atoms with Gasteiger partial charge in [0.15, 0.2) is 5.13 Å². The van der Waals surface area contributed by atoms with Gasteiger partial charge in [0.05, 0.1) is 30.4 Å². The van der Waals surface area contributed by atoms with Crippen LogP contribution in [-0.4, -0.2) is 69.3 Å². The lowest BCUT2D eigenvalue weighted by molar-refractivity contribution is -0.139. The first-order chi connectivity index (χ1) is 19.9. The number of carboxylic acid groups (broad SMARTS) is 1. The third-order valence-corrected chi connectivity index (χ3v) is 8.39. The van der Waals surface area contributed by atoms with Crippen molar-refractivity contribution in [3.8, 4) is 11.3 Å². The first-order valence-electron chi connectivity index (χ1n) is 13.8. The van der Waals surface area contributed by atoms with Crippen molar-refractivity contribution in [3.63, 3.8) is 0 Å². The van der Waals surface area contributed by atoms with Crippen LogP contribution in [0, 0.1) is 12.7 Å². The molecule has 14 heteroatoms. The molecule has 0 radical (unpaired) electrons. The van der Waals surface area contributed by atoms with Gasteiger partial charge in [0, 0.05) is 42.2 Å². The molecule has 0 bridgehead atoms. The Morgan fingerprint density at radius 1 is 1.17 bits per heavy atom. The summed E-state index contributed by atoms with van der Waals surface area (Å²) in [6, 6.07) is 4.59. The number of ether oxygens (including phenoxy) is 1. The number of nitrogens with zero attached hydrogens (tertiary/aromatic N) is 5. The summed E-state index contributed by atoms with van der Waals surface area (Å²) in [5.41, 5.74) is -0.690. The number of hydrogen-bond donors (Lipinski definition) is 2. The average Bonchev–Trinajstić information content (AvgIpc) is 3.64. The minimum absolute atomic E-state index is 0.0568. The molecule has 3 aromatic rings. The number of rotatable bonds is 10. The number of aryl methyl sites for hydroxylation is 1. The van der Waals surface area contributed by atoms with E-state index < -0.39 is 23.5 Å². The molecule has 0 amide bonds. The number of nitrogens with one attached hydrogen (secondary N) is 1. The van der Waals surface area contributed by atoms with E-state index >= 15 is 0 Å². The topological polar surface area (TPSA) is 104 Å². The first kappa shape index (κ1) is 30.1. The van der Waals surface area contributed by atoms with E-state index in [9.17, 15) is 22.4 Å². The highest BCUT2D eigenvalue weighted by atomic mass is 32.1. The number of benzene rings is 1. The quantitative estimate of drug-likeness (QED) is 0.274. The Balaban J connectivity index is 1.40. The molecule has 9 nitrogen and oxygen atoms in total. The summed E-state index contributed by atoms with van der Waals surface area (Å²) in [7, 11) is 0. The molecule has 2 atom stereocenters. The van der Waals surface area contributed by atoms with E-state index in [2.05, 4.69) is 32.1 Å². The second-order valence-corrected chi connectivity index (χ2v) is 11.7. The molecule has 0 spiro atoms. The molecule has 2 aromatic heterocycles. The summed E-state index contributed by atoms with van der Waals surface area (Å²) in [6.45, 7) is 6.59. The largest absolute Gasteiger partial charge is 0.481 e. The lowest BCUT2D eigenvalue weighted by atomic mass is 10.1. The molecule has 42 heavy (non-hydrogen) atoms. The molecule has 0 unspecified atom stereocenters. The van der Waals surface area contributed by atoms with Crippen LogP contribution in [0.2, 0.25) is 0 Å². The van der Waals surface area contributed by atoms with Gasteiger partial charge in [-0.15, -0.1) is 0 Å². The summed E-state index contributed by atoms with van der Waals surface area (Å²) in [5.74, 6) is -0.252. The van der Waals surface area contributed by atoms with E-state index in [1.54, 1.807) is 13.0 Å². The predicted molar refractivity (Wildman–Crippen MR) is 150 cm³/mol. The summed E-state index contributed by atoms with van der Waals surface area (Å²) in [5, 5.41) is 12.5. The Kier molecular flexibility index (Phi) is 8.94. The van der Waals surface area contributed by atoms with E-state index in [-0.39, 0.29) is 24.7 Å². The molecule has 0 aliphatic carbocycles. The number of carboxylic acids is 1. The van der Waals surface area contributed by atoms with Gasteiger partial charge in [-0.1, -0.05) is 11.3 Å². The van der Waals surface area contributed by atoms with Crippen molar-refractivity contribution in [1.82, 2.24) is 19.9 Å². The van der Waals surface area contributed by atoms with Crippen LogP contribution in [0.15, 0.2) is 24.3 Å². The second-order valence-electron chi connectivity index (χ2n) is 10.6. The number of aromatic nitrogens is 3. The van der Waals surface area contributed by atoms with Crippen LogP contribution in [0.4, 0.5) is 34.3 Å². The maximum absolute atomic E-state index is 14.4. The zero-order valence-corrected chi connectivity index (χ0v) is 24.1. The van der Waals surface area contributed by atoms with Gasteiger partial charge in [0.2, 0.25) is 0 Å². The number of carbonyl (C=O) groups is 1. The number of alkyl halides is 3. The molecular weight excluding hydrogens is 576 g/mol. The number of hydrogen-bond acceptors (Lipinski definition) is 9. The molecule has 2 aliphatic rings. The Hall–Kier alpha value is -3.36. The van der Waals surface area contributed by atoms with Gasteiger partial charge < -0.3 is 20.1 Å². The van der Waals surface area contributed by atoms with Crippen molar-refractivity contribution < 1.29 is 32.2 Å². The number of thiazole rings is 1. The van der Waals surface area contributed by atoms with Crippen LogP contribution in [0.25, 0.3) is 11.3 Å². The monoisotopic (exact) mass is 608 g/mol. The van der Waals surface area contributed by atoms with E-state index in [0.29, 0.717) is 60.0 Å². The first-order valence-corrected chi connectivity index (χ1v) is 14.6. The maximum Gasteiger partial charge on any atom is 0.416 e. The Labute approximate surface area is 244 Å². The Bertz CT molecular complexity index is 1440. The van der Waals surface area contributed by atoms with Gasteiger partial charge in [0.25, 0.3) is 0 Å². The molecule has 1 aromatic carbocycles. The van der Waals surface area contributed by atoms with Crippen molar-refractivity contribution >= 4 is 34.1 Å². The highest BCUT2D eigenvalue weighted by Crippen LogP contribution is 2.38. The summed E-state index contributed by atoms with van der Waals surface area (Å²) < 4.78 is 60.6. The summed E-state index contributed by atoms with van der Waals surface area (Å²) in [4.78, 5) is 29.4. The lowest BCUT2D eigenvalue weighted by Crippen LogP contribution is -2.25. The number of halogens is 4. The fourth-order valence-corrected chi connectivity index (χ4v) is 6.33. The summed E-state index contributed by atoms with van der Waals surface area (Å²) >= 11 is 1.30. The zero-order chi connectivity index (χ0) is 30.0. The van der Waals surface area contributed by atoms with E-state index in [1.165, 1.54) is 11.3 Å². The predicted octanol–water partition coefficient (Wildman–Crippen LogP) is 5.86. The second kappa shape index (κ2) is 12.5. The fourth-order valence-electron chi connectivity index (χ4n) is 5.31. The molecule has 2 aliphatic heterocycles. The van der Waals surface area contributed by atoms with Crippen LogP contribution in [0.1, 0.15) is 48.9 Å². The molecule has 4 heterocycles. The van der Waals surface area contributed by atoms with Gasteiger partial charge >= 0.3 is 12.1 Å². The molecule has 226 valence electrons. The standard InChI is InChI=1S/C28H32F4N6O3S/c1-16-4-3-7-37(16)15-22-26(18-10-19(28(30,31)32)12-20(29)11-18)36-27(42-22)35-23-13-24(34-17(2)33-23)38-8-5-21(14-38)41-9-6-25(39)40/h10-13,16,21H,3-9,14-15H2,1-2H3,(H,39,40)(H,33,34,35,36)/t16-,21-/m1/s1. The van der Waals surface area contributed by atoms with Crippen molar-refractivity contribution in [3.05, 3.63) is 46.3 Å². The zero-order valence-electron chi connectivity index (χ0n) is 23.2. The van der Waals surface area contributed by atoms with Crippen molar-refractivity contribution in [1.29, 1.82) is 0 Å². The fraction of sp³-hybridized carbons (Fsp3) is 0.500. The van der Waals surface area contributed by atoms with Gasteiger partial charge in [-0.25, -0.2) is 19.3 Å². The molecular formula is C28H32F4N6O3S. The van der Waals surface area contributed by atoms with Gasteiger partial charge in [-0.2, -0.15) is 13.2 Å². The minimum Gasteiger partial charge on any atom is -0.481 e. The van der Waals surface area contributed by atoms with Crippen molar-refractivity contribution in [2.24, 2.45) is 0 Å².